The summed E-state index contributed by atoms with van der Waals surface area (Å²) in [4.78, 5) is 25.1. The summed E-state index contributed by atoms with van der Waals surface area (Å²) in [6.45, 7) is -0.995. The van der Waals surface area contributed by atoms with Crippen molar-refractivity contribution in [1.29, 1.82) is 0 Å². The number of aliphatic hydroxyl groups is 1. The van der Waals surface area contributed by atoms with Crippen LogP contribution in [0, 0.1) is 0 Å². The van der Waals surface area contributed by atoms with Gasteiger partial charge < -0.3 is 40.9 Å². The molecule has 0 radical (unpaired) electrons. The summed E-state index contributed by atoms with van der Waals surface area (Å²) in [6, 6.07) is 0. The third-order valence-electron chi connectivity index (χ3n) is 3.98. The van der Waals surface area contributed by atoms with Gasteiger partial charge in [0.25, 0.3) is 0 Å². The molecule has 0 heterocycles. The molecule has 130 valence electrons. The van der Waals surface area contributed by atoms with Crippen LogP contribution in [0.5, 0.6) is 40.2 Å². The van der Waals surface area contributed by atoms with E-state index in [2.05, 4.69) is 0 Å². The molecule has 0 aromatic heterocycles. The number of aromatic hydroxyl groups is 7. The van der Waals surface area contributed by atoms with Gasteiger partial charge in [-0.2, -0.15) is 0 Å². The molecule has 0 unspecified atom stereocenters. The van der Waals surface area contributed by atoms with Crippen LogP contribution in [0.25, 0.3) is 0 Å². The predicted octanol–water partition coefficient (Wildman–Crippen LogP) is -0.107. The van der Waals surface area contributed by atoms with Crippen molar-refractivity contribution in [3.8, 4) is 40.2 Å². The first-order valence-electron chi connectivity index (χ1n) is 6.64. The van der Waals surface area contributed by atoms with Crippen molar-refractivity contribution >= 4 is 11.6 Å². The number of aliphatic hydroxyl groups excluding tert-OH is 1. The van der Waals surface area contributed by atoms with Gasteiger partial charge in [0, 0.05) is 0 Å². The topological polar surface area (TPSA) is 196 Å². The number of hydrogen-bond acceptors (Lipinski definition) is 10. The third-order valence-corrected chi connectivity index (χ3v) is 3.98. The first-order valence-corrected chi connectivity index (χ1v) is 6.64. The molecule has 1 aliphatic carbocycles. The molecule has 0 saturated heterocycles. The van der Waals surface area contributed by atoms with Crippen molar-refractivity contribution in [2.45, 2.75) is 6.61 Å². The number of carbonyl (C=O) groups excluding carboxylic acids is 2. The predicted molar refractivity (Wildman–Crippen MR) is 77.3 cm³/mol. The van der Waals surface area contributed by atoms with Crippen LogP contribution in [0.1, 0.15) is 37.4 Å². The molecular formula is C15H10O10. The molecule has 2 aromatic rings. The Kier molecular flexibility index (Phi) is 3.19. The van der Waals surface area contributed by atoms with Crippen LogP contribution in [-0.4, -0.2) is 52.4 Å². The molecule has 0 fully saturated rings. The van der Waals surface area contributed by atoms with Crippen molar-refractivity contribution in [1.82, 2.24) is 0 Å². The van der Waals surface area contributed by atoms with E-state index in [9.17, 15) is 45.3 Å². The lowest BCUT2D eigenvalue weighted by Crippen LogP contribution is -2.22. The Balaban J connectivity index is 2.52. The Labute approximate surface area is 137 Å². The standard InChI is InChI=1S/C15H10O10/c16-1-2-7(17)3-4(11(21)8(2)18)10(20)6-5(9(3)19)12(22)14(24)15(25)13(6)23/h16-18,21-25H,1H2. The highest BCUT2D eigenvalue weighted by Gasteiger charge is 2.43. The van der Waals surface area contributed by atoms with Crippen molar-refractivity contribution in [3.63, 3.8) is 0 Å². The van der Waals surface area contributed by atoms with Gasteiger partial charge in [-0.3, -0.25) is 9.59 Å². The highest BCUT2D eigenvalue weighted by Crippen LogP contribution is 2.53. The van der Waals surface area contributed by atoms with E-state index in [1.165, 1.54) is 0 Å². The van der Waals surface area contributed by atoms with Crippen LogP contribution in [0.4, 0.5) is 0 Å². The summed E-state index contributed by atoms with van der Waals surface area (Å²) in [7, 11) is 0. The molecule has 1 aliphatic rings. The number of fused-ring (bicyclic) bond motifs is 2. The van der Waals surface area contributed by atoms with Gasteiger partial charge in [-0.15, -0.1) is 0 Å². The molecule has 2 aromatic carbocycles. The number of carbonyl (C=O) groups is 2. The summed E-state index contributed by atoms with van der Waals surface area (Å²) in [6.07, 6.45) is 0. The largest absolute Gasteiger partial charge is 0.507 e. The average molecular weight is 350 g/mol. The normalized spacial score (nSPS) is 12.8. The number of ketones is 2. The monoisotopic (exact) mass is 350 g/mol. The molecule has 0 spiro atoms. The minimum absolute atomic E-state index is 0.646. The van der Waals surface area contributed by atoms with Crippen molar-refractivity contribution in [3.05, 3.63) is 27.8 Å². The SMILES string of the molecule is O=C1c2c(O)c(O)c(O)c(O)c2C(=O)c2c(O)c(CO)c(O)c(O)c21. The van der Waals surface area contributed by atoms with E-state index in [0.29, 0.717) is 0 Å². The number of benzene rings is 2. The number of rotatable bonds is 1. The molecule has 0 saturated carbocycles. The van der Waals surface area contributed by atoms with E-state index in [1.54, 1.807) is 0 Å². The van der Waals surface area contributed by atoms with E-state index in [1.807, 2.05) is 0 Å². The van der Waals surface area contributed by atoms with Crippen LogP contribution >= 0.6 is 0 Å². The quantitative estimate of drug-likeness (QED) is 0.216. The lowest BCUT2D eigenvalue weighted by Gasteiger charge is -2.23. The van der Waals surface area contributed by atoms with Gasteiger partial charge >= 0.3 is 0 Å². The highest BCUT2D eigenvalue weighted by molar-refractivity contribution is 6.32. The average Bonchev–Trinajstić information content (AvgIpc) is 2.57. The maximum Gasteiger partial charge on any atom is 0.205 e. The van der Waals surface area contributed by atoms with Gasteiger partial charge in [0.1, 0.15) is 5.75 Å². The van der Waals surface area contributed by atoms with E-state index in [0.717, 1.165) is 0 Å². The molecule has 0 bridgehead atoms. The van der Waals surface area contributed by atoms with Crippen molar-refractivity contribution in [2.24, 2.45) is 0 Å². The van der Waals surface area contributed by atoms with E-state index >= 15 is 0 Å². The molecule has 3 rings (SSSR count). The Bertz CT molecular complexity index is 989. The van der Waals surface area contributed by atoms with Crippen LogP contribution in [0.3, 0.4) is 0 Å². The summed E-state index contributed by atoms with van der Waals surface area (Å²) < 4.78 is 0. The molecule has 8 N–H and O–H groups in total. The molecule has 10 nitrogen and oxygen atoms in total. The second kappa shape index (κ2) is 4.92. The van der Waals surface area contributed by atoms with E-state index in [4.69, 9.17) is 5.11 Å². The lowest BCUT2D eigenvalue weighted by atomic mass is 9.80. The first kappa shape index (κ1) is 16.2. The fourth-order valence-corrected chi connectivity index (χ4v) is 2.74. The Morgan fingerprint density at radius 1 is 0.480 bits per heavy atom. The summed E-state index contributed by atoms with van der Waals surface area (Å²) in [5, 5.41) is 77.8. The summed E-state index contributed by atoms with van der Waals surface area (Å²) in [5.41, 5.74) is -4.25. The van der Waals surface area contributed by atoms with E-state index < -0.39 is 86.2 Å². The van der Waals surface area contributed by atoms with Crippen LogP contribution in [-0.2, 0) is 6.61 Å². The highest BCUT2D eigenvalue weighted by atomic mass is 16.3. The molecule has 0 aliphatic heterocycles. The zero-order valence-electron chi connectivity index (χ0n) is 12.1. The van der Waals surface area contributed by atoms with Gasteiger partial charge in [0.2, 0.25) is 23.1 Å². The van der Waals surface area contributed by atoms with Gasteiger partial charge in [-0.1, -0.05) is 0 Å². The Morgan fingerprint density at radius 3 is 1.16 bits per heavy atom. The van der Waals surface area contributed by atoms with Gasteiger partial charge in [0.05, 0.1) is 34.4 Å². The number of hydrogen-bond donors (Lipinski definition) is 8. The molecule has 0 amide bonds. The van der Waals surface area contributed by atoms with Gasteiger partial charge in [-0.05, 0) is 0 Å². The fraction of sp³-hybridized carbons (Fsp3) is 0.0667. The van der Waals surface area contributed by atoms with E-state index in [-0.39, 0.29) is 0 Å². The minimum Gasteiger partial charge on any atom is -0.507 e. The lowest BCUT2D eigenvalue weighted by molar-refractivity contribution is 0.0966. The van der Waals surface area contributed by atoms with Crippen molar-refractivity contribution < 1.29 is 50.4 Å². The number of phenols is 7. The Morgan fingerprint density at radius 2 is 0.800 bits per heavy atom. The van der Waals surface area contributed by atoms with Gasteiger partial charge in [-0.25, -0.2) is 0 Å². The maximum atomic E-state index is 12.6. The molecule has 10 heteroatoms. The Hall–Kier alpha value is -3.66. The summed E-state index contributed by atoms with van der Waals surface area (Å²) in [5.74, 6) is -10.9. The molecular weight excluding hydrogens is 340 g/mol. The zero-order valence-corrected chi connectivity index (χ0v) is 12.1. The van der Waals surface area contributed by atoms with Gasteiger partial charge in [0.15, 0.2) is 23.0 Å². The molecule has 25 heavy (non-hydrogen) atoms. The van der Waals surface area contributed by atoms with Crippen LogP contribution < -0.4 is 0 Å². The second-order valence-electron chi connectivity index (χ2n) is 5.24. The second-order valence-corrected chi connectivity index (χ2v) is 5.24. The maximum absolute atomic E-state index is 12.6. The van der Waals surface area contributed by atoms with Crippen LogP contribution in [0.15, 0.2) is 0 Å². The minimum atomic E-state index is -1.32. The third kappa shape index (κ3) is 1.76. The molecule has 0 atom stereocenters. The smallest absolute Gasteiger partial charge is 0.205 e. The first-order chi connectivity index (χ1) is 11.6. The fourth-order valence-electron chi connectivity index (χ4n) is 2.74. The summed E-state index contributed by atoms with van der Waals surface area (Å²) >= 11 is 0. The number of phenolic OH excluding ortho intramolecular Hbond substituents is 5. The zero-order chi connectivity index (χ0) is 18.8. The van der Waals surface area contributed by atoms with Crippen LogP contribution in [0.2, 0.25) is 0 Å². The van der Waals surface area contributed by atoms with Crippen molar-refractivity contribution in [2.75, 3.05) is 0 Å².